The molecule has 1 aromatic carbocycles. The maximum absolute atomic E-state index is 12.5. The molecule has 8 heteroatoms. The van der Waals surface area contributed by atoms with Gasteiger partial charge in [-0.2, -0.15) is 4.31 Å². The van der Waals surface area contributed by atoms with E-state index in [1.54, 1.807) is 29.2 Å². The number of halogens is 1. The number of sulfonamides is 1. The van der Waals surface area contributed by atoms with E-state index in [0.717, 1.165) is 6.42 Å². The van der Waals surface area contributed by atoms with Crippen LogP contribution in [0.5, 0.6) is 0 Å². The summed E-state index contributed by atoms with van der Waals surface area (Å²) < 4.78 is 28.2. The molecule has 1 unspecified atom stereocenters. The monoisotopic (exact) mass is 312 g/mol. The fraction of sp³-hybridized carbons (Fsp3) is 0.333. The van der Waals surface area contributed by atoms with Gasteiger partial charge in [0.05, 0.1) is 17.1 Å². The fourth-order valence-corrected chi connectivity index (χ4v) is 3.93. The Hall–Kier alpha value is -1.44. The van der Waals surface area contributed by atoms with E-state index in [2.05, 4.69) is 10.3 Å². The SMILES string of the molecule is O=S(=O)(c1ccc(Cl)cc1)N1CCC(n2ccnn2)C1. The molecule has 0 spiro atoms. The third-order valence-electron chi connectivity index (χ3n) is 3.39. The van der Waals surface area contributed by atoms with E-state index in [0.29, 0.717) is 18.1 Å². The molecule has 2 heterocycles. The number of hydrogen-bond donors (Lipinski definition) is 0. The Balaban J connectivity index is 1.81. The first kappa shape index (κ1) is 13.5. The smallest absolute Gasteiger partial charge is 0.243 e. The van der Waals surface area contributed by atoms with Crippen LogP contribution in [0.4, 0.5) is 0 Å². The average Bonchev–Trinajstić information content (AvgIpc) is 3.10. The molecule has 0 aliphatic carbocycles. The minimum Gasteiger partial charge on any atom is -0.248 e. The first-order valence-corrected chi connectivity index (χ1v) is 8.01. The summed E-state index contributed by atoms with van der Waals surface area (Å²) in [4.78, 5) is 0.265. The Morgan fingerprint density at radius 1 is 1.25 bits per heavy atom. The maximum Gasteiger partial charge on any atom is 0.243 e. The third kappa shape index (κ3) is 2.44. The predicted molar refractivity (Wildman–Crippen MR) is 73.9 cm³/mol. The van der Waals surface area contributed by atoms with Crippen LogP contribution >= 0.6 is 11.6 Å². The maximum atomic E-state index is 12.5. The fourth-order valence-electron chi connectivity index (χ4n) is 2.31. The quantitative estimate of drug-likeness (QED) is 0.862. The molecule has 0 radical (unpaired) electrons. The van der Waals surface area contributed by atoms with Crippen LogP contribution in [0.2, 0.25) is 5.02 Å². The van der Waals surface area contributed by atoms with Crippen LogP contribution in [0.1, 0.15) is 12.5 Å². The second-order valence-corrected chi connectivity index (χ2v) is 7.02. The Morgan fingerprint density at radius 3 is 2.65 bits per heavy atom. The molecule has 0 bridgehead atoms. The molecule has 1 atom stereocenters. The van der Waals surface area contributed by atoms with Gasteiger partial charge in [0.2, 0.25) is 10.0 Å². The Bertz CT molecular complexity index is 685. The van der Waals surface area contributed by atoms with Crippen LogP contribution < -0.4 is 0 Å². The highest BCUT2D eigenvalue weighted by Crippen LogP contribution is 2.27. The van der Waals surface area contributed by atoms with Crippen molar-refractivity contribution < 1.29 is 8.42 Å². The van der Waals surface area contributed by atoms with Gasteiger partial charge in [-0.25, -0.2) is 13.1 Å². The molecule has 6 nitrogen and oxygen atoms in total. The molecule has 2 aromatic rings. The van der Waals surface area contributed by atoms with Crippen molar-refractivity contribution >= 4 is 21.6 Å². The lowest BCUT2D eigenvalue weighted by atomic mass is 10.3. The molecular weight excluding hydrogens is 300 g/mol. The molecule has 1 saturated heterocycles. The minimum atomic E-state index is -3.47. The van der Waals surface area contributed by atoms with E-state index in [9.17, 15) is 8.42 Å². The minimum absolute atomic E-state index is 0.0413. The molecule has 1 aliphatic heterocycles. The molecule has 0 amide bonds. The summed E-state index contributed by atoms with van der Waals surface area (Å²) in [5.74, 6) is 0. The number of hydrogen-bond acceptors (Lipinski definition) is 4. The second-order valence-electron chi connectivity index (χ2n) is 4.64. The largest absolute Gasteiger partial charge is 0.248 e. The number of nitrogens with zero attached hydrogens (tertiary/aromatic N) is 4. The van der Waals surface area contributed by atoms with Crippen LogP contribution in [0.25, 0.3) is 0 Å². The van der Waals surface area contributed by atoms with Crippen LogP contribution in [0.3, 0.4) is 0 Å². The molecule has 0 saturated carbocycles. The van der Waals surface area contributed by atoms with Gasteiger partial charge in [0.25, 0.3) is 0 Å². The number of rotatable bonds is 3. The lowest BCUT2D eigenvalue weighted by molar-refractivity contribution is 0.428. The van der Waals surface area contributed by atoms with Crippen molar-refractivity contribution in [2.45, 2.75) is 17.4 Å². The van der Waals surface area contributed by atoms with E-state index in [1.807, 2.05) is 0 Å². The molecule has 0 N–H and O–H groups in total. The second kappa shape index (κ2) is 5.16. The molecule has 106 valence electrons. The van der Waals surface area contributed by atoms with Crippen molar-refractivity contribution in [3.8, 4) is 0 Å². The molecule has 1 fully saturated rings. The highest BCUT2D eigenvalue weighted by molar-refractivity contribution is 7.89. The highest BCUT2D eigenvalue weighted by Gasteiger charge is 2.33. The molecular formula is C12H13ClN4O2S. The van der Waals surface area contributed by atoms with Gasteiger partial charge in [-0.15, -0.1) is 5.10 Å². The van der Waals surface area contributed by atoms with Crippen molar-refractivity contribution in [1.29, 1.82) is 0 Å². The molecule has 3 rings (SSSR count). The Kier molecular flexibility index (Phi) is 3.49. The van der Waals surface area contributed by atoms with Gasteiger partial charge < -0.3 is 0 Å². The summed E-state index contributed by atoms with van der Waals surface area (Å²) in [5.41, 5.74) is 0. The Morgan fingerprint density at radius 2 is 2.00 bits per heavy atom. The van der Waals surface area contributed by atoms with Crippen LogP contribution in [-0.4, -0.2) is 40.8 Å². The van der Waals surface area contributed by atoms with Crippen LogP contribution in [0.15, 0.2) is 41.6 Å². The summed E-state index contributed by atoms with van der Waals surface area (Å²) >= 11 is 5.79. The summed E-state index contributed by atoms with van der Waals surface area (Å²) in [7, 11) is -3.47. The molecule has 1 aliphatic rings. The first-order chi connectivity index (χ1) is 9.57. The van der Waals surface area contributed by atoms with Crippen LogP contribution in [-0.2, 0) is 10.0 Å². The zero-order valence-electron chi connectivity index (χ0n) is 10.6. The van der Waals surface area contributed by atoms with E-state index in [4.69, 9.17) is 11.6 Å². The van der Waals surface area contributed by atoms with E-state index in [-0.39, 0.29) is 10.9 Å². The number of benzene rings is 1. The molecule has 1 aromatic heterocycles. The normalized spacial score (nSPS) is 20.4. The van der Waals surface area contributed by atoms with Crippen molar-refractivity contribution in [3.05, 3.63) is 41.7 Å². The van der Waals surface area contributed by atoms with E-state index < -0.39 is 10.0 Å². The summed E-state index contributed by atoms with van der Waals surface area (Å²) in [6.45, 7) is 0.893. The van der Waals surface area contributed by atoms with Gasteiger partial charge in [-0.3, -0.25) is 0 Å². The standard InChI is InChI=1S/C12H13ClN4O2S/c13-10-1-3-12(4-2-10)20(18,19)16-7-5-11(9-16)17-8-6-14-15-17/h1-4,6,8,11H,5,7,9H2. The van der Waals surface area contributed by atoms with Gasteiger partial charge in [-0.1, -0.05) is 16.8 Å². The van der Waals surface area contributed by atoms with Crippen molar-refractivity contribution in [2.75, 3.05) is 13.1 Å². The van der Waals surface area contributed by atoms with Gasteiger partial charge in [0, 0.05) is 24.3 Å². The highest BCUT2D eigenvalue weighted by atomic mass is 35.5. The summed E-state index contributed by atoms with van der Waals surface area (Å²) in [5, 5.41) is 8.20. The predicted octanol–water partition coefficient (Wildman–Crippen LogP) is 1.57. The zero-order valence-corrected chi connectivity index (χ0v) is 12.1. The van der Waals surface area contributed by atoms with Crippen molar-refractivity contribution in [1.82, 2.24) is 19.3 Å². The van der Waals surface area contributed by atoms with Crippen LogP contribution in [0, 0.1) is 0 Å². The van der Waals surface area contributed by atoms with Crippen molar-refractivity contribution in [2.24, 2.45) is 0 Å². The third-order valence-corrected chi connectivity index (χ3v) is 5.52. The van der Waals surface area contributed by atoms with E-state index in [1.165, 1.54) is 16.4 Å². The van der Waals surface area contributed by atoms with Crippen molar-refractivity contribution in [3.63, 3.8) is 0 Å². The zero-order chi connectivity index (χ0) is 14.2. The van der Waals surface area contributed by atoms with Gasteiger partial charge >= 0.3 is 0 Å². The van der Waals surface area contributed by atoms with E-state index >= 15 is 0 Å². The van der Waals surface area contributed by atoms with Gasteiger partial charge in [0.1, 0.15) is 0 Å². The first-order valence-electron chi connectivity index (χ1n) is 6.19. The van der Waals surface area contributed by atoms with Gasteiger partial charge in [-0.05, 0) is 30.7 Å². The average molecular weight is 313 g/mol. The lowest BCUT2D eigenvalue weighted by Crippen LogP contribution is -2.29. The lowest BCUT2D eigenvalue weighted by Gasteiger charge is -2.16. The summed E-state index contributed by atoms with van der Waals surface area (Å²) in [6, 6.07) is 6.26. The number of aromatic nitrogens is 3. The molecule has 20 heavy (non-hydrogen) atoms. The topological polar surface area (TPSA) is 68.1 Å². The Labute approximate surface area is 122 Å². The summed E-state index contributed by atoms with van der Waals surface area (Å²) in [6.07, 6.45) is 4.08. The van der Waals surface area contributed by atoms with Gasteiger partial charge in [0.15, 0.2) is 0 Å².